The Morgan fingerprint density at radius 1 is 0.920 bits per heavy atom. The number of anilines is 1. The van der Waals surface area contributed by atoms with Crippen LogP contribution < -0.4 is 5.06 Å². The van der Waals surface area contributed by atoms with Crippen LogP contribution in [0.3, 0.4) is 0 Å². The molecule has 0 saturated heterocycles. The van der Waals surface area contributed by atoms with E-state index in [0.717, 1.165) is 10.6 Å². The number of aryl methyl sites for hydroxylation is 1. The van der Waals surface area contributed by atoms with Gasteiger partial charge in [0.15, 0.2) is 11.6 Å². The highest BCUT2D eigenvalue weighted by Crippen LogP contribution is 2.39. The Morgan fingerprint density at radius 3 is 2.24 bits per heavy atom. The molecule has 0 saturated carbocycles. The Balaban J connectivity index is 1.77. The molecule has 0 fully saturated rings. The van der Waals surface area contributed by atoms with Crippen molar-refractivity contribution in [2.24, 2.45) is 11.8 Å². The van der Waals surface area contributed by atoms with Gasteiger partial charge in [0, 0.05) is 11.1 Å². The Bertz CT molecular complexity index is 924. The minimum atomic E-state index is -0.710. The number of carbonyl (C=O) groups excluding carboxylic acids is 2. The van der Waals surface area contributed by atoms with Crippen molar-refractivity contribution in [3.63, 3.8) is 0 Å². The van der Waals surface area contributed by atoms with Crippen molar-refractivity contribution >= 4 is 17.3 Å². The second-order valence-electron chi connectivity index (χ2n) is 6.40. The van der Waals surface area contributed by atoms with Crippen LogP contribution in [0.15, 0.2) is 72.5 Å². The Hall–Kier alpha value is -2.98. The molecule has 25 heavy (non-hydrogen) atoms. The molecule has 2 unspecified atom stereocenters. The monoisotopic (exact) mass is 331 g/mol. The molecule has 2 aromatic rings. The van der Waals surface area contributed by atoms with Gasteiger partial charge in [-0.15, -0.1) is 0 Å². The van der Waals surface area contributed by atoms with Gasteiger partial charge < -0.3 is 0 Å². The lowest BCUT2D eigenvalue weighted by molar-refractivity contribution is 0.0780. The van der Waals surface area contributed by atoms with Crippen LogP contribution in [0, 0.1) is 18.8 Å². The first-order chi connectivity index (χ1) is 12.1. The van der Waals surface area contributed by atoms with Crippen LogP contribution >= 0.6 is 0 Å². The minimum Gasteiger partial charge on any atom is -0.293 e. The molecule has 2 atom stereocenters. The van der Waals surface area contributed by atoms with Crippen LogP contribution in [0.5, 0.6) is 0 Å². The number of hydroxylamine groups is 1. The summed E-state index contributed by atoms with van der Waals surface area (Å²) in [6.45, 7) is 1.96. The molecule has 4 heteroatoms. The number of hydrogen-bond donors (Lipinski definition) is 1. The first kappa shape index (κ1) is 15.5. The molecule has 1 N–H and O–H groups in total. The summed E-state index contributed by atoms with van der Waals surface area (Å²) >= 11 is 0. The van der Waals surface area contributed by atoms with Crippen LogP contribution in [0.25, 0.3) is 0 Å². The normalized spacial score (nSPS) is 21.4. The first-order valence-corrected chi connectivity index (χ1v) is 8.19. The third-order valence-electron chi connectivity index (χ3n) is 4.83. The molecular formula is C21H17NO3. The van der Waals surface area contributed by atoms with Crippen molar-refractivity contribution < 1.29 is 14.8 Å². The van der Waals surface area contributed by atoms with Crippen molar-refractivity contribution in [3.05, 3.63) is 89.1 Å². The van der Waals surface area contributed by atoms with E-state index in [1.54, 1.807) is 54.6 Å². The maximum Gasteiger partial charge on any atom is 0.173 e. The summed E-state index contributed by atoms with van der Waals surface area (Å²) in [4.78, 5) is 25.8. The number of hydrogen-bond acceptors (Lipinski definition) is 4. The van der Waals surface area contributed by atoms with E-state index in [1.807, 2.05) is 19.1 Å². The summed E-state index contributed by atoms with van der Waals surface area (Å²) in [7, 11) is 0. The summed E-state index contributed by atoms with van der Waals surface area (Å²) in [5.41, 5.74) is 2.94. The van der Waals surface area contributed by atoms with Crippen molar-refractivity contribution in [1.29, 1.82) is 0 Å². The third-order valence-corrected chi connectivity index (χ3v) is 4.83. The van der Waals surface area contributed by atoms with E-state index in [-0.39, 0.29) is 11.6 Å². The molecule has 0 aromatic heterocycles. The van der Waals surface area contributed by atoms with Gasteiger partial charge >= 0.3 is 0 Å². The van der Waals surface area contributed by atoms with Crippen LogP contribution in [0.2, 0.25) is 0 Å². The number of carbonyl (C=O) groups is 2. The number of fused-ring (bicyclic) bond motifs is 2. The van der Waals surface area contributed by atoms with Gasteiger partial charge in [-0.25, -0.2) is 5.06 Å². The fraction of sp³-hybridized carbons (Fsp3) is 0.143. The van der Waals surface area contributed by atoms with E-state index in [9.17, 15) is 14.8 Å². The van der Waals surface area contributed by atoms with Gasteiger partial charge in [-0.3, -0.25) is 14.8 Å². The number of Topliss-reactive ketones (excluding diaryl/α,β-unsaturated/α-hetero) is 2. The van der Waals surface area contributed by atoms with Gasteiger partial charge in [-0.2, -0.15) is 0 Å². The number of ketones is 2. The van der Waals surface area contributed by atoms with E-state index in [1.165, 1.54) is 0 Å². The second kappa shape index (κ2) is 5.83. The molecule has 2 aromatic carbocycles. The average Bonchev–Trinajstić information content (AvgIpc) is 2.65. The highest BCUT2D eigenvalue weighted by molar-refractivity contribution is 6.17. The summed E-state index contributed by atoms with van der Waals surface area (Å²) in [6.07, 6.45) is 5.17. The molecule has 2 aliphatic rings. The van der Waals surface area contributed by atoms with E-state index >= 15 is 0 Å². The maximum absolute atomic E-state index is 13.0. The van der Waals surface area contributed by atoms with Gasteiger partial charge in [0.05, 0.1) is 23.2 Å². The fourth-order valence-electron chi connectivity index (χ4n) is 3.51. The molecule has 0 radical (unpaired) electrons. The molecular weight excluding hydrogens is 314 g/mol. The molecule has 4 nitrogen and oxygen atoms in total. The van der Waals surface area contributed by atoms with E-state index in [4.69, 9.17) is 0 Å². The highest BCUT2D eigenvalue weighted by Gasteiger charge is 2.44. The fourth-order valence-corrected chi connectivity index (χ4v) is 3.51. The van der Waals surface area contributed by atoms with Crippen LogP contribution in [0.4, 0.5) is 5.69 Å². The van der Waals surface area contributed by atoms with Crippen LogP contribution in [-0.2, 0) is 0 Å². The SMILES string of the molecule is Cc1ccc(N(O)C2=CC=CC3C(=O)c4ccccc4C(=O)C23)cc1. The molecule has 0 spiro atoms. The largest absolute Gasteiger partial charge is 0.293 e. The third kappa shape index (κ3) is 2.42. The smallest absolute Gasteiger partial charge is 0.173 e. The summed E-state index contributed by atoms with van der Waals surface area (Å²) in [5.74, 6) is -1.51. The lowest BCUT2D eigenvalue weighted by Crippen LogP contribution is -2.41. The Morgan fingerprint density at radius 2 is 1.56 bits per heavy atom. The molecule has 0 heterocycles. The van der Waals surface area contributed by atoms with Crippen molar-refractivity contribution in [2.75, 3.05) is 5.06 Å². The minimum absolute atomic E-state index is 0.0839. The van der Waals surface area contributed by atoms with Crippen LogP contribution in [-0.4, -0.2) is 16.8 Å². The van der Waals surface area contributed by atoms with Gasteiger partial charge in [-0.1, -0.05) is 54.1 Å². The number of nitrogens with zero attached hydrogens (tertiary/aromatic N) is 1. The topological polar surface area (TPSA) is 57.6 Å². The van der Waals surface area contributed by atoms with Gasteiger partial charge in [-0.05, 0) is 25.1 Å². The Labute approximate surface area is 145 Å². The van der Waals surface area contributed by atoms with Crippen molar-refractivity contribution in [1.82, 2.24) is 0 Å². The predicted octanol–water partition coefficient (Wildman–Crippen LogP) is 3.96. The molecule has 0 aliphatic heterocycles. The highest BCUT2D eigenvalue weighted by atomic mass is 16.5. The summed E-state index contributed by atoms with van der Waals surface area (Å²) in [6, 6.07) is 14.2. The molecule has 0 bridgehead atoms. The maximum atomic E-state index is 13.0. The summed E-state index contributed by atoms with van der Waals surface area (Å²) in [5, 5.41) is 11.7. The standard InChI is InChI=1S/C21H17NO3/c1-13-9-11-14(12-10-13)22(25)18-8-4-7-17-19(18)21(24)16-6-3-2-5-15(16)20(17)23/h2-12,17,19,25H,1H3. The van der Waals surface area contributed by atoms with E-state index in [2.05, 4.69) is 0 Å². The number of allylic oxidation sites excluding steroid dienone is 4. The lowest BCUT2D eigenvalue weighted by atomic mass is 9.70. The van der Waals surface area contributed by atoms with Gasteiger partial charge in [0.25, 0.3) is 0 Å². The average molecular weight is 331 g/mol. The molecule has 124 valence electrons. The van der Waals surface area contributed by atoms with Crippen molar-refractivity contribution in [2.45, 2.75) is 6.92 Å². The predicted molar refractivity (Wildman–Crippen MR) is 94.8 cm³/mol. The van der Waals surface area contributed by atoms with E-state index in [0.29, 0.717) is 22.5 Å². The van der Waals surface area contributed by atoms with E-state index < -0.39 is 11.8 Å². The summed E-state index contributed by atoms with van der Waals surface area (Å²) < 4.78 is 0. The molecule has 4 rings (SSSR count). The Kier molecular flexibility index (Phi) is 3.62. The zero-order valence-corrected chi connectivity index (χ0v) is 13.7. The quantitative estimate of drug-likeness (QED) is 0.847. The van der Waals surface area contributed by atoms with Crippen LogP contribution in [0.1, 0.15) is 26.3 Å². The zero-order chi connectivity index (χ0) is 17.6. The second-order valence-corrected chi connectivity index (χ2v) is 6.40. The zero-order valence-electron chi connectivity index (χ0n) is 13.7. The first-order valence-electron chi connectivity index (χ1n) is 8.19. The lowest BCUT2D eigenvalue weighted by Gasteiger charge is -2.35. The van der Waals surface area contributed by atoms with Crippen molar-refractivity contribution in [3.8, 4) is 0 Å². The molecule has 2 aliphatic carbocycles. The van der Waals surface area contributed by atoms with Gasteiger partial charge in [0.2, 0.25) is 0 Å². The number of benzene rings is 2. The number of rotatable bonds is 2. The van der Waals surface area contributed by atoms with Gasteiger partial charge in [0.1, 0.15) is 0 Å². The molecule has 0 amide bonds.